The van der Waals surface area contributed by atoms with Gasteiger partial charge in [0.1, 0.15) is 0 Å². The second-order valence-electron chi connectivity index (χ2n) is 5.73. The zero-order valence-electron chi connectivity index (χ0n) is 10.4. The van der Waals surface area contributed by atoms with Crippen molar-refractivity contribution in [3.63, 3.8) is 0 Å². The van der Waals surface area contributed by atoms with Gasteiger partial charge in [-0.05, 0) is 24.1 Å². The number of nitrogens with one attached hydrogen (secondary N) is 2. The van der Waals surface area contributed by atoms with Crippen LogP contribution in [0.15, 0.2) is 6.20 Å². The van der Waals surface area contributed by atoms with Gasteiger partial charge >= 0.3 is 0 Å². The van der Waals surface area contributed by atoms with Gasteiger partial charge in [0.15, 0.2) is 4.77 Å². The Morgan fingerprint density at radius 3 is 2.27 bits per heavy atom. The van der Waals surface area contributed by atoms with Gasteiger partial charge in [-0.1, -0.05) is 41.0 Å². The first-order valence-electron chi connectivity index (χ1n) is 5.55. The Morgan fingerprint density at radius 2 is 1.87 bits per heavy atom. The van der Waals surface area contributed by atoms with E-state index < -0.39 is 0 Å². The summed E-state index contributed by atoms with van der Waals surface area (Å²) in [5.41, 5.74) is 1.72. The van der Waals surface area contributed by atoms with Crippen LogP contribution in [0, 0.1) is 10.2 Å². The molecule has 0 radical (unpaired) electrons. The molecule has 0 saturated heterocycles. The van der Waals surface area contributed by atoms with Crippen LogP contribution in [0.2, 0.25) is 0 Å². The van der Waals surface area contributed by atoms with Crippen molar-refractivity contribution >= 4 is 12.2 Å². The van der Waals surface area contributed by atoms with E-state index in [-0.39, 0.29) is 5.41 Å². The van der Waals surface area contributed by atoms with E-state index in [9.17, 15) is 0 Å². The number of hydrogen-bond donors (Lipinski definition) is 2. The maximum atomic E-state index is 5.06. The van der Waals surface area contributed by atoms with Crippen molar-refractivity contribution in [1.29, 1.82) is 0 Å². The number of imidazole rings is 1. The molecule has 15 heavy (non-hydrogen) atoms. The summed E-state index contributed by atoms with van der Waals surface area (Å²) in [5, 5.41) is 0. The molecule has 1 aromatic heterocycles. The van der Waals surface area contributed by atoms with Gasteiger partial charge < -0.3 is 9.97 Å². The number of rotatable bonds is 4. The van der Waals surface area contributed by atoms with Crippen molar-refractivity contribution in [2.45, 2.75) is 52.9 Å². The van der Waals surface area contributed by atoms with Crippen molar-refractivity contribution in [2.75, 3.05) is 0 Å². The van der Waals surface area contributed by atoms with Crippen molar-refractivity contribution in [1.82, 2.24) is 9.97 Å². The van der Waals surface area contributed by atoms with Gasteiger partial charge in [-0.2, -0.15) is 0 Å². The average Bonchev–Trinajstić information content (AvgIpc) is 2.51. The van der Waals surface area contributed by atoms with Crippen LogP contribution in [0.3, 0.4) is 0 Å². The monoisotopic (exact) mass is 226 g/mol. The molecule has 86 valence electrons. The average molecular weight is 226 g/mol. The van der Waals surface area contributed by atoms with Crippen LogP contribution in [0.5, 0.6) is 0 Å². The maximum absolute atomic E-state index is 5.06. The second-order valence-corrected chi connectivity index (χ2v) is 6.14. The minimum atomic E-state index is 0.146. The molecule has 0 unspecified atom stereocenters. The minimum absolute atomic E-state index is 0.146. The molecule has 0 saturated carbocycles. The summed E-state index contributed by atoms with van der Waals surface area (Å²) in [6.07, 6.45) is 4.34. The largest absolute Gasteiger partial charge is 0.337 e. The number of aromatic nitrogens is 2. The standard InChI is InChI=1S/C12H22N2S/c1-6-11(2,3)8-12(4,5)9-7-13-10(15)14-9/h7H,6,8H2,1-5H3,(H2,13,14,15). The molecule has 3 heteroatoms. The van der Waals surface area contributed by atoms with Crippen LogP contribution in [0.1, 0.15) is 53.2 Å². The summed E-state index contributed by atoms with van der Waals surface area (Å²) in [6, 6.07) is 0. The summed E-state index contributed by atoms with van der Waals surface area (Å²) < 4.78 is 0.715. The summed E-state index contributed by atoms with van der Waals surface area (Å²) >= 11 is 5.06. The van der Waals surface area contributed by atoms with Gasteiger partial charge in [0.05, 0.1) is 0 Å². The molecular formula is C12H22N2S. The molecule has 2 nitrogen and oxygen atoms in total. The molecule has 2 N–H and O–H groups in total. The van der Waals surface area contributed by atoms with E-state index in [1.165, 1.54) is 12.1 Å². The zero-order chi connectivity index (χ0) is 11.7. The number of H-pyrrole nitrogens is 2. The molecule has 0 aliphatic heterocycles. The lowest BCUT2D eigenvalue weighted by Gasteiger charge is -2.33. The van der Waals surface area contributed by atoms with Crippen LogP contribution < -0.4 is 0 Å². The first-order chi connectivity index (χ1) is 6.77. The molecule has 1 aromatic rings. The molecule has 0 fully saturated rings. The smallest absolute Gasteiger partial charge is 0.174 e. The predicted octanol–water partition coefficient (Wildman–Crippen LogP) is 4.18. The van der Waals surface area contributed by atoms with E-state index in [4.69, 9.17) is 12.2 Å². The molecule has 0 aliphatic carbocycles. The van der Waals surface area contributed by atoms with Gasteiger partial charge in [0.2, 0.25) is 0 Å². The lowest BCUT2D eigenvalue weighted by atomic mass is 9.72. The third kappa shape index (κ3) is 3.20. The number of aromatic amines is 2. The maximum Gasteiger partial charge on any atom is 0.174 e. The molecule has 0 aromatic carbocycles. The van der Waals surface area contributed by atoms with Gasteiger partial charge in [-0.3, -0.25) is 0 Å². The SMILES string of the molecule is CCC(C)(C)CC(C)(C)c1c[nH]c(=S)[nH]1. The van der Waals surface area contributed by atoms with Crippen molar-refractivity contribution in [3.8, 4) is 0 Å². The summed E-state index contributed by atoms with van der Waals surface area (Å²) in [7, 11) is 0. The van der Waals surface area contributed by atoms with Gasteiger partial charge in [-0.25, -0.2) is 0 Å². The molecule has 0 atom stereocenters. The van der Waals surface area contributed by atoms with Crippen LogP contribution in [0.25, 0.3) is 0 Å². The second kappa shape index (κ2) is 4.12. The zero-order valence-corrected chi connectivity index (χ0v) is 11.2. The fourth-order valence-electron chi connectivity index (χ4n) is 2.11. The lowest BCUT2D eigenvalue weighted by molar-refractivity contribution is 0.245. The molecule has 0 spiro atoms. The van der Waals surface area contributed by atoms with Crippen molar-refractivity contribution in [2.24, 2.45) is 5.41 Å². The van der Waals surface area contributed by atoms with E-state index >= 15 is 0 Å². The number of hydrogen-bond acceptors (Lipinski definition) is 1. The Hall–Kier alpha value is -0.570. The van der Waals surface area contributed by atoms with Gasteiger partial charge in [-0.15, -0.1) is 0 Å². The quantitative estimate of drug-likeness (QED) is 0.742. The van der Waals surface area contributed by atoms with Crippen molar-refractivity contribution in [3.05, 3.63) is 16.7 Å². The Bertz CT molecular complexity index is 371. The van der Waals surface area contributed by atoms with Crippen LogP contribution in [-0.4, -0.2) is 9.97 Å². The normalized spacial score (nSPS) is 13.1. The summed E-state index contributed by atoms with van der Waals surface area (Å²) in [4.78, 5) is 6.26. The van der Waals surface area contributed by atoms with E-state index in [2.05, 4.69) is 44.6 Å². The first kappa shape index (κ1) is 12.5. The van der Waals surface area contributed by atoms with E-state index in [0.29, 0.717) is 10.2 Å². The van der Waals surface area contributed by atoms with E-state index in [1.54, 1.807) is 0 Å². The fraction of sp³-hybridized carbons (Fsp3) is 0.750. The van der Waals surface area contributed by atoms with Crippen LogP contribution >= 0.6 is 12.2 Å². The molecular weight excluding hydrogens is 204 g/mol. The molecule has 1 rings (SSSR count). The fourth-order valence-corrected chi connectivity index (χ4v) is 2.28. The Kier molecular flexibility index (Phi) is 3.44. The van der Waals surface area contributed by atoms with Crippen molar-refractivity contribution < 1.29 is 0 Å². The summed E-state index contributed by atoms with van der Waals surface area (Å²) in [6.45, 7) is 11.4. The summed E-state index contributed by atoms with van der Waals surface area (Å²) in [5.74, 6) is 0. The molecule has 0 bridgehead atoms. The van der Waals surface area contributed by atoms with Gasteiger partial charge in [0, 0.05) is 17.3 Å². The Labute approximate surface area is 97.5 Å². The van der Waals surface area contributed by atoms with E-state index in [1.807, 2.05) is 6.20 Å². The molecule has 1 heterocycles. The van der Waals surface area contributed by atoms with Crippen LogP contribution in [-0.2, 0) is 5.41 Å². The predicted molar refractivity (Wildman–Crippen MR) is 67.7 cm³/mol. The molecule has 0 aliphatic rings. The van der Waals surface area contributed by atoms with Crippen LogP contribution in [0.4, 0.5) is 0 Å². The highest BCUT2D eigenvalue weighted by Gasteiger charge is 2.29. The highest BCUT2D eigenvalue weighted by molar-refractivity contribution is 7.71. The lowest BCUT2D eigenvalue weighted by Crippen LogP contribution is -2.26. The Morgan fingerprint density at radius 1 is 1.27 bits per heavy atom. The Balaban J connectivity index is 2.88. The highest BCUT2D eigenvalue weighted by atomic mass is 32.1. The topological polar surface area (TPSA) is 31.6 Å². The van der Waals surface area contributed by atoms with E-state index in [0.717, 1.165) is 6.42 Å². The third-order valence-corrected chi connectivity index (χ3v) is 3.42. The third-order valence-electron chi connectivity index (χ3n) is 3.20. The minimum Gasteiger partial charge on any atom is -0.337 e. The molecule has 0 amide bonds. The highest BCUT2D eigenvalue weighted by Crippen LogP contribution is 2.37. The first-order valence-corrected chi connectivity index (χ1v) is 5.96. The van der Waals surface area contributed by atoms with Gasteiger partial charge in [0.25, 0.3) is 0 Å².